The number of guanidine groups is 1. The van der Waals surface area contributed by atoms with Gasteiger partial charge in [0.1, 0.15) is 17.3 Å². The lowest BCUT2D eigenvalue weighted by molar-refractivity contribution is 0.0961. The third kappa shape index (κ3) is 6.01. The second-order valence-electron chi connectivity index (χ2n) is 4.78. The first-order valence-corrected chi connectivity index (χ1v) is 8.83. The highest BCUT2D eigenvalue weighted by Crippen LogP contribution is 2.24. The van der Waals surface area contributed by atoms with Crippen LogP contribution in [-0.4, -0.2) is 26.0 Å². The third-order valence-corrected chi connectivity index (χ3v) is 3.93. The van der Waals surface area contributed by atoms with Gasteiger partial charge in [-0.15, -0.1) is 4.40 Å². The maximum atomic E-state index is 13.9. The molecule has 0 amide bonds. The number of aromatic nitrogens is 1. The molecule has 8 nitrogen and oxygen atoms in total. The van der Waals surface area contributed by atoms with Gasteiger partial charge in [0.2, 0.25) is 5.96 Å². The van der Waals surface area contributed by atoms with Gasteiger partial charge < -0.3 is 10.5 Å². The van der Waals surface area contributed by atoms with Gasteiger partial charge in [0.05, 0.1) is 18.6 Å². The quantitative estimate of drug-likeness (QED) is 0.434. The standard InChI is InChI=1S/C15H17FN4O4S/c1-2-23-19-15(17)20-25(21,22)10-11-8-12(5-6-14(11)16)24-13-4-3-7-18-9-13/h3-9H,2,10H2,1H3,(H3,17,19,20). The third-order valence-electron chi connectivity index (χ3n) is 2.78. The van der Waals surface area contributed by atoms with Crippen LogP contribution in [0.15, 0.2) is 47.1 Å². The number of rotatable bonds is 7. The molecule has 0 atom stereocenters. The van der Waals surface area contributed by atoms with Crippen LogP contribution in [0.25, 0.3) is 0 Å². The Morgan fingerprint density at radius 1 is 1.36 bits per heavy atom. The molecule has 1 aromatic carbocycles. The minimum Gasteiger partial charge on any atom is -0.456 e. The summed E-state index contributed by atoms with van der Waals surface area (Å²) in [5.74, 6) is -1.12. The molecule has 1 heterocycles. The summed E-state index contributed by atoms with van der Waals surface area (Å²) in [5.41, 5.74) is 7.43. The SMILES string of the molecule is CCONC(N)=NS(=O)(=O)Cc1cc(Oc2cccnc2)ccc1F. The molecule has 0 bridgehead atoms. The van der Waals surface area contributed by atoms with Crippen molar-refractivity contribution in [1.82, 2.24) is 10.5 Å². The summed E-state index contributed by atoms with van der Waals surface area (Å²) in [5, 5.41) is 0. The van der Waals surface area contributed by atoms with Gasteiger partial charge in [-0.25, -0.2) is 18.3 Å². The lowest BCUT2D eigenvalue weighted by Crippen LogP contribution is -2.32. The second kappa shape index (κ2) is 8.40. The number of sulfonamides is 1. The first-order valence-electron chi connectivity index (χ1n) is 7.22. The van der Waals surface area contributed by atoms with E-state index in [-0.39, 0.29) is 17.9 Å². The number of nitrogens with zero attached hydrogens (tertiary/aromatic N) is 2. The van der Waals surface area contributed by atoms with Gasteiger partial charge in [-0.1, -0.05) is 0 Å². The van der Waals surface area contributed by atoms with E-state index in [0.29, 0.717) is 5.75 Å². The van der Waals surface area contributed by atoms with Crippen molar-refractivity contribution in [2.75, 3.05) is 6.61 Å². The number of halogens is 1. The van der Waals surface area contributed by atoms with Crippen LogP contribution in [0.2, 0.25) is 0 Å². The fourth-order valence-corrected chi connectivity index (χ4v) is 2.83. The Morgan fingerprint density at radius 3 is 2.84 bits per heavy atom. The number of nitrogens with one attached hydrogen (secondary N) is 1. The zero-order valence-corrected chi connectivity index (χ0v) is 14.2. The van der Waals surface area contributed by atoms with Crippen molar-refractivity contribution in [3.05, 3.63) is 54.1 Å². The van der Waals surface area contributed by atoms with Crippen molar-refractivity contribution < 1.29 is 22.4 Å². The van der Waals surface area contributed by atoms with Crippen LogP contribution in [0.5, 0.6) is 11.5 Å². The van der Waals surface area contributed by atoms with Crippen molar-refractivity contribution in [3.8, 4) is 11.5 Å². The predicted molar refractivity (Wildman–Crippen MR) is 89.7 cm³/mol. The number of nitrogens with two attached hydrogens (primary N) is 1. The molecule has 0 aliphatic rings. The van der Waals surface area contributed by atoms with Crippen LogP contribution in [-0.2, 0) is 20.6 Å². The number of ether oxygens (including phenoxy) is 1. The minimum atomic E-state index is -4.06. The number of pyridine rings is 1. The molecule has 1 aromatic heterocycles. The summed E-state index contributed by atoms with van der Waals surface area (Å²) in [6.07, 6.45) is 3.05. The minimum absolute atomic E-state index is 0.102. The van der Waals surface area contributed by atoms with E-state index in [4.69, 9.17) is 15.3 Å². The summed E-state index contributed by atoms with van der Waals surface area (Å²) in [6, 6.07) is 7.11. The number of hydroxylamine groups is 1. The molecule has 0 aliphatic heterocycles. The first-order chi connectivity index (χ1) is 11.9. The highest BCUT2D eigenvalue weighted by Gasteiger charge is 2.16. The largest absolute Gasteiger partial charge is 0.456 e. The van der Waals surface area contributed by atoms with Gasteiger partial charge in [-0.05, 0) is 37.3 Å². The topological polar surface area (TPSA) is 116 Å². The first kappa shape index (κ1) is 18.6. The second-order valence-corrected chi connectivity index (χ2v) is 6.42. The molecule has 2 rings (SSSR count). The van der Waals surface area contributed by atoms with Crippen molar-refractivity contribution >= 4 is 16.0 Å². The molecule has 3 N–H and O–H groups in total. The van der Waals surface area contributed by atoms with E-state index >= 15 is 0 Å². The van der Waals surface area contributed by atoms with E-state index in [1.54, 1.807) is 25.3 Å². The highest BCUT2D eigenvalue weighted by molar-refractivity contribution is 7.89. The van der Waals surface area contributed by atoms with Crippen LogP contribution >= 0.6 is 0 Å². The van der Waals surface area contributed by atoms with E-state index in [9.17, 15) is 12.8 Å². The van der Waals surface area contributed by atoms with Gasteiger partial charge in [-0.3, -0.25) is 9.82 Å². The molecule has 0 spiro atoms. The van der Waals surface area contributed by atoms with Gasteiger partial charge in [0.25, 0.3) is 10.0 Å². The monoisotopic (exact) mass is 368 g/mol. The Balaban J connectivity index is 2.17. The van der Waals surface area contributed by atoms with Crippen LogP contribution in [0, 0.1) is 5.82 Å². The van der Waals surface area contributed by atoms with E-state index in [1.165, 1.54) is 18.3 Å². The molecule has 0 saturated heterocycles. The number of benzene rings is 1. The molecule has 0 radical (unpaired) electrons. The van der Waals surface area contributed by atoms with E-state index in [0.717, 1.165) is 6.07 Å². The van der Waals surface area contributed by atoms with E-state index in [2.05, 4.69) is 14.9 Å². The Hall–Kier alpha value is -2.72. The summed E-state index contributed by atoms with van der Waals surface area (Å²) in [7, 11) is -4.06. The van der Waals surface area contributed by atoms with Crippen LogP contribution in [0.1, 0.15) is 12.5 Å². The van der Waals surface area contributed by atoms with Crippen molar-refractivity contribution in [2.45, 2.75) is 12.7 Å². The van der Waals surface area contributed by atoms with E-state index in [1.807, 2.05) is 0 Å². The maximum absolute atomic E-state index is 13.9. The lowest BCUT2D eigenvalue weighted by Gasteiger charge is -2.08. The number of hydrogen-bond donors (Lipinski definition) is 2. The van der Waals surface area contributed by atoms with Gasteiger partial charge >= 0.3 is 0 Å². The summed E-state index contributed by atoms with van der Waals surface area (Å²) >= 11 is 0. The molecule has 0 fully saturated rings. The molecule has 0 saturated carbocycles. The van der Waals surface area contributed by atoms with Crippen LogP contribution in [0.4, 0.5) is 4.39 Å². The Kier molecular flexibility index (Phi) is 6.25. The average molecular weight is 368 g/mol. The maximum Gasteiger partial charge on any atom is 0.260 e. The lowest BCUT2D eigenvalue weighted by atomic mass is 10.2. The van der Waals surface area contributed by atoms with Crippen molar-refractivity contribution in [1.29, 1.82) is 0 Å². The van der Waals surface area contributed by atoms with Crippen molar-refractivity contribution in [2.24, 2.45) is 10.1 Å². The Bertz CT molecular complexity index is 844. The van der Waals surface area contributed by atoms with Gasteiger partial charge in [0.15, 0.2) is 0 Å². The predicted octanol–water partition coefficient (Wildman–Crippen LogP) is 1.70. The average Bonchev–Trinajstić information content (AvgIpc) is 2.56. The molecule has 10 heteroatoms. The Labute approximate surface area is 144 Å². The molecule has 0 aliphatic carbocycles. The molecule has 25 heavy (non-hydrogen) atoms. The smallest absolute Gasteiger partial charge is 0.260 e. The fraction of sp³-hybridized carbons (Fsp3) is 0.200. The molecule has 134 valence electrons. The normalized spacial score (nSPS) is 12.0. The molecule has 0 unspecified atom stereocenters. The van der Waals surface area contributed by atoms with E-state index < -0.39 is 27.6 Å². The highest BCUT2D eigenvalue weighted by atomic mass is 32.2. The molecular formula is C15H17FN4O4S. The van der Waals surface area contributed by atoms with Crippen molar-refractivity contribution in [3.63, 3.8) is 0 Å². The molecule has 2 aromatic rings. The molecular weight excluding hydrogens is 351 g/mol. The zero-order valence-electron chi connectivity index (χ0n) is 13.3. The summed E-state index contributed by atoms with van der Waals surface area (Å²) < 4.78 is 46.8. The summed E-state index contributed by atoms with van der Waals surface area (Å²) in [6.45, 7) is 1.94. The van der Waals surface area contributed by atoms with Gasteiger partial charge in [-0.2, -0.15) is 0 Å². The fourth-order valence-electron chi connectivity index (χ4n) is 1.81. The van der Waals surface area contributed by atoms with Gasteiger partial charge in [0, 0.05) is 11.8 Å². The van der Waals surface area contributed by atoms with Crippen LogP contribution in [0.3, 0.4) is 0 Å². The van der Waals surface area contributed by atoms with Crippen LogP contribution < -0.4 is 16.0 Å². The zero-order chi connectivity index (χ0) is 18.3. The number of hydrogen-bond acceptors (Lipinski definition) is 5. The summed E-state index contributed by atoms with van der Waals surface area (Å²) in [4.78, 5) is 8.62. The Morgan fingerprint density at radius 2 is 2.16 bits per heavy atom.